The van der Waals surface area contributed by atoms with Gasteiger partial charge in [-0.25, -0.2) is 0 Å². The summed E-state index contributed by atoms with van der Waals surface area (Å²) in [5.41, 5.74) is 3.26. The second kappa shape index (κ2) is 6.55. The lowest BCUT2D eigenvalue weighted by molar-refractivity contribution is -0.138. The van der Waals surface area contributed by atoms with Gasteiger partial charge in [0, 0.05) is 37.3 Å². The third kappa shape index (κ3) is 2.80. The summed E-state index contributed by atoms with van der Waals surface area (Å²) in [5, 5.41) is 0. The summed E-state index contributed by atoms with van der Waals surface area (Å²) in [6.07, 6.45) is 1.10. The van der Waals surface area contributed by atoms with Gasteiger partial charge in [0.15, 0.2) is 11.5 Å². The molecule has 3 heterocycles. The highest BCUT2D eigenvalue weighted by Crippen LogP contribution is 2.37. The van der Waals surface area contributed by atoms with Gasteiger partial charge < -0.3 is 19.3 Å². The summed E-state index contributed by atoms with van der Waals surface area (Å²) in [4.78, 5) is 29.5. The van der Waals surface area contributed by atoms with Crippen LogP contribution in [0, 0.1) is 5.92 Å². The first-order valence-corrected chi connectivity index (χ1v) is 9.67. The van der Waals surface area contributed by atoms with Crippen LogP contribution in [0.15, 0.2) is 42.5 Å². The Morgan fingerprint density at radius 3 is 2.68 bits per heavy atom. The number of hydrogen-bond donors (Lipinski definition) is 0. The Kier molecular flexibility index (Phi) is 4.00. The summed E-state index contributed by atoms with van der Waals surface area (Å²) in [5.74, 6) is 1.05. The molecule has 2 aromatic carbocycles. The lowest BCUT2D eigenvalue weighted by atomic mass is 9.93. The van der Waals surface area contributed by atoms with E-state index in [-0.39, 0.29) is 37.0 Å². The number of benzene rings is 2. The van der Waals surface area contributed by atoms with Crippen molar-refractivity contribution < 1.29 is 19.1 Å². The van der Waals surface area contributed by atoms with Crippen molar-refractivity contribution in [1.29, 1.82) is 0 Å². The maximum Gasteiger partial charge on any atom is 0.231 e. The molecular weight excluding hydrogens is 356 g/mol. The van der Waals surface area contributed by atoms with Crippen LogP contribution in [0.4, 0.5) is 5.69 Å². The Balaban J connectivity index is 1.34. The van der Waals surface area contributed by atoms with Gasteiger partial charge in [-0.05, 0) is 36.6 Å². The molecule has 2 atom stereocenters. The predicted octanol–water partition coefficient (Wildman–Crippen LogP) is 2.74. The average Bonchev–Trinajstić information content (AvgIpc) is 3.32. The summed E-state index contributed by atoms with van der Waals surface area (Å²) in [6, 6.07) is 13.9. The van der Waals surface area contributed by atoms with E-state index in [9.17, 15) is 9.59 Å². The molecule has 0 spiro atoms. The van der Waals surface area contributed by atoms with Gasteiger partial charge in [0.2, 0.25) is 18.6 Å². The molecule has 5 rings (SSSR count). The smallest absolute Gasteiger partial charge is 0.231 e. The van der Waals surface area contributed by atoms with Crippen LogP contribution in [-0.4, -0.2) is 36.1 Å². The van der Waals surface area contributed by atoms with Gasteiger partial charge in [-0.2, -0.15) is 0 Å². The second-order valence-corrected chi connectivity index (χ2v) is 7.73. The van der Waals surface area contributed by atoms with E-state index in [1.165, 1.54) is 11.1 Å². The van der Waals surface area contributed by atoms with E-state index in [2.05, 4.69) is 19.1 Å². The Morgan fingerprint density at radius 2 is 1.82 bits per heavy atom. The fourth-order valence-corrected chi connectivity index (χ4v) is 4.38. The number of hydrogen-bond acceptors (Lipinski definition) is 4. The zero-order valence-electron chi connectivity index (χ0n) is 15.8. The third-order valence-corrected chi connectivity index (χ3v) is 5.93. The molecule has 28 heavy (non-hydrogen) atoms. The molecule has 0 radical (unpaired) electrons. The summed E-state index contributed by atoms with van der Waals surface area (Å²) in [7, 11) is 0. The topological polar surface area (TPSA) is 59.1 Å². The number of fused-ring (bicyclic) bond motifs is 2. The van der Waals surface area contributed by atoms with Crippen LogP contribution >= 0.6 is 0 Å². The monoisotopic (exact) mass is 378 g/mol. The lowest BCUT2D eigenvalue weighted by Crippen LogP contribution is -2.46. The van der Waals surface area contributed by atoms with Crippen LogP contribution < -0.4 is 14.4 Å². The number of carbonyl (C=O) groups is 2. The van der Waals surface area contributed by atoms with Crippen molar-refractivity contribution >= 4 is 17.5 Å². The molecular formula is C22H22N2O4. The molecule has 1 saturated heterocycles. The Bertz CT molecular complexity index is 957. The van der Waals surface area contributed by atoms with E-state index in [1.54, 1.807) is 4.90 Å². The van der Waals surface area contributed by atoms with Gasteiger partial charge in [-0.3, -0.25) is 9.59 Å². The number of rotatable bonds is 2. The zero-order chi connectivity index (χ0) is 19.3. The molecule has 6 heteroatoms. The number of nitrogens with zero attached hydrogens (tertiary/aromatic N) is 2. The number of ether oxygens (including phenoxy) is 2. The summed E-state index contributed by atoms with van der Waals surface area (Å²) >= 11 is 0. The van der Waals surface area contributed by atoms with E-state index >= 15 is 0 Å². The highest BCUT2D eigenvalue weighted by molar-refractivity contribution is 6.00. The van der Waals surface area contributed by atoms with E-state index < -0.39 is 0 Å². The molecule has 6 nitrogen and oxygen atoms in total. The first-order chi connectivity index (χ1) is 13.6. The van der Waals surface area contributed by atoms with Crippen LogP contribution in [0.1, 0.15) is 24.5 Å². The van der Waals surface area contributed by atoms with Crippen molar-refractivity contribution in [3.8, 4) is 11.5 Å². The number of carbonyl (C=O) groups excluding carboxylic acids is 2. The molecule has 0 N–H and O–H groups in total. The van der Waals surface area contributed by atoms with Gasteiger partial charge in [0.05, 0.1) is 5.92 Å². The first kappa shape index (κ1) is 17.1. The zero-order valence-corrected chi connectivity index (χ0v) is 15.8. The van der Waals surface area contributed by atoms with Crippen LogP contribution in [0.5, 0.6) is 11.5 Å². The molecule has 3 aliphatic rings. The number of amides is 2. The highest BCUT2D eigenvalue weighted by atomic mass is 16.7. The van der Waals surface area contributed by atoms with E-state index in [0.717, 1.165) is 12.1 Å². The Morgan fingerprint density at radius 1 is 1.04 bits per heavy atom. The van der Waals surface area contributed by atoms with Crippen molar-refractivity contribution in [2.75, 3.05) is 18.2 Å². The lowest BCUT2D eigenvalue weighted by Gasteiger charge is -2.36. The van der Waals surface area contributed by atoms with E-state index in [0.29, 0.717) is 24.6 Å². The molecule has 1 fully saturated rings. The van der Waals surface area contributed by atoms with Gasteiger partial charge in [0.25, 0.3) is 0 Å². The largest absolute Gasteiger partial charge is 0.454 e. The van der Waals surface area contributed by atoms with Gasteiger partial charge in [0.1, 0.15) is 0 Å². The fourth-order valence-electron chi connectivity index (χ4n) is 4.38. The molecule has 2 amide bonds. The first-order valence-electron chi connectivity index (χ1n) is 9.67. The van der Waals surface area contributed by atoms with Gasteiger partial charge in [-0.1, -0.05) is 24.3 Å². The molecule has 0 bridgehead atoms. The van der Waals surface area contributed by atoms with Crippen molar-refractivity contribution in [2.24, 2.45) is 5.92 Å². The maximum absolute atomic E-state index is 13.2. The predicted molar refractivity (Wildman–Crippen MR) is 103 cm³/mol. The Labute approximate surface area is 163 Å². The van der Waals surface area contributed by atoms with Gasteiger partial charge in [-0.15, -0.1) is 0 Å². The molecule has 2 aromatic rings. The van der Waals surface area contributed by atoms with Crippen molar-refractivity contribution in [2.45, 2.75) is 32.4 Å². The van der Waals surface area contributed by atoms with Crippen molar-refractivity contribution in [1.82, 2.24) is 4.90 Å². The standard InChI is InChI=1S/C22H22N2O4/c1-14-8-15-4-2-3-5-16(15)11-23(14)22(26)17-9-21(25)24(12-17)18-6-7-19-20(10-18)28-13-27-19/h2-7,10,14,17H,8-9,11-13H2,1H3. The quantitative estimate of drug-likeness (QED) is 0.806. The minimum Gasteiger partial charge on any atom is -0.454 e. The molecule has 3 aliphatic heterocycles. The molecule has 0 aliphatic carbocycles. The van der Waals surface area contributed by atoms with Crippen LogP contribution in [0.25, 0.3) is 0 Å². The normalized spacial score (nSPS) is 23.1. The Hall–Kier alpha value is -3.02. The molecule has 144 valence electrons. The summed E-state index contributed by atoms with van der Waals surface area (Å²) < 4.78 is 10.8. The minimum absolute atomic E-state index is 0.0257. The maximum atomic E-state index is 13.2. The van der Waals surface area contributed by atoms with Gasteiger partial charge >= 0.3 is 0 Å². The molecule has 0 aromatic heterocycles. The summed E-state index contributed by atoms with van der Waals surface area (Å²) in [6.45, 7) is 3.30. The van der Waals surface area contributed by atoms with Crippen LogP contribution in [0.2, 0.25) is 0 Å². The van der Waals surface area contributed by atoms with Crippen LogP contribution in [-0.2, 0) is 22.6 Å². The second-order valence-electron chi connectivity index (χ2n) is 7.73. The third-order valence-electron chi connectivity index (χ3n) is 5.93. The molecule has 2 unspecified atom stereocenters. The van der Waals surface area contributed by atoms with Crippen molar-refractivity contribution in [3.63, 3.8) is 0 Å². The molecule has 0 saturated carbocycles. The van der Waals surface area contributed by atoms with Crippen LogP contribution in [0.3, 0.4) is 0 Å². The van der Waals surface area contributed by atoms with E-state index in [1.807, 2.05) is 35.2 Å². The fraction of sp³-hybridized carbons (Fsp3) is 0.364. The number of anilines is 1. The van der Waals surface area contributed by atoms with E-state index in [4.69, 9.17) is 9.47 Å². The average molecular weight is 378 g/mol. The highest BCUT2D eigenvalue weighted by Gasteiger charge is 2.39. The minimum atomic E-state index is -0.314. The SMILES string of the molecule is CC1Cc2ccccc2CN1C(=O)C1CC(=O)N(c2ccc3c(c2)OCO3)C1. The van der Waals surface area contributed by atoms with Crippen molar-refractivity contribution in [3.05, 3.63) is 53.6 Å².